The second-order valence-electron chi connectivity index (χ2n) is 7.82. The molecule has 8 heteroatoms. The summed E-state index contributed by atoms with van der Waals surface area (Å²) in [5.74, 6) is 0.274. The number of rotatable bonds is 6. The van der Waals surface area contributed by atoms with E-state index in [1.54, 1.807) is 31.5 Å². The monoisotopic (exact) mass is 435 g/mol. The number of amides is 1. The van der Waals surface area contributed by atoms with Crippen molar-refractivity contribution in [3.63, 3.8) is 0 Å². The molecule has 2 N–H and O–H groups in total. The quantitative estimate of drug-likeness (QED) is 0.610. The van der Waals surface area contributed by atoms with Crippen molar-refractivity contribution in [1.29, 1.82) is 0 Å². The Balaban J connectivity index is 1.34. The lowest BCUT2D eigenvalue weighted by Crippen LogP contribution is -2.42. The minimum atomic E-state index is -0.337. The molecule has 7 nitrogen and oxygen atoms in total. The summed E-state index contributed by atoms with van der Waals surface area (Å²) in [5, 5.41) is 6.06. The lowest BCUT2D eigenvalue weighted by molar-refractivity contribution is -0.119. The van der Waals surface area contributed by atoms with Crippen molar-refractivity contribution in [2.75, 3.05) is 36.9 Å². The average molecular weight is 436 g/mol. The molecule has 1 atom stereocenters. The number of carbonyl (C=O) groups excluding carboxylic acids is 1. The maximum absolute atomic E-state index is 13.7. The first-order chi connectivity index (χ1) is 15.5. The van der Waals surface area contributed by atoms with Gasteiger partial charge in [-0.1, -0.05) is 12.1 Å². The number of carbonyl (C=O) groups is 1. The Hall–Kier alpha value is -3.36. The fraction of sp³-hybridized carbons (Fsp3) is 0.292. The highest BCUT2D eigenvalue weighted by Crippen LogP contribution is 2.23. The van der Waals surface area contributed by atoms with E-state index in [0.717, 1.165) is 22.8 Å². The molecule has 4 rings (SSSR count). The Morgan fingerprint density at radius 2 is 2.06 bits per heavy atom. The molecule has 2 aromatic heterocycles. The number of benzene rings is 1. The van der Waals surface area contributed by atoms with Crippen LogP contribution >= 0.6 is 0 Å². The summed E-state index contributed by atoms with van der Waals surface area (Å²) in [6.07, 6.45) is 3.27. The van der Waals surface area contributed by atoms with E-state index in [-0.39, 0.29) is 24.4 Å². The molecule has 0 aliphatic carbocycles. The van der Waals surface area contributed by atoms with Gasteiger partial charge in [-0.3, -0.25) is 14.7 Å². The van der Waals surface area contributed by atoms with Gasteiger partial charge in [-0.15, -0.1) is 0 Å². The Bertz CT molecular complexity index is 1090. The number of nitrogens with zero attached hydrogens (tertiary/aromatic N) is 3. The van der Waals surface area contributed by atoms with Gasteiger partial charge in [0.2, 0.25) is 5.91 Å². The molecule has 1 aliphatic heterocycles. The summed E-state index contributed by atoms with van der Waals surface area (Å²) in [5.41, 5.74) is 3.62. The van der Waals surface area contributed by atoms with Gasteiger partial charge >= 0.3 is 0 Å². The molecular formula is C24H26FN5O2. The Morgan fingerprint density at radius 3 is 2.84 bits per heavy atom. The van der Waals surface area contributed by atoms with Gasteiger partial charge in [0, 0.05) is 30.5 Å². The van der Waals surface area contributed by atoms with Crippen LogP contribution in [0.2, 0.25) is 0 Å². The third-order valence-electron chi connectivity index (χ3n) is 5.45. The topological polar surface area (TPSA) is 79.4 Å². The van der Waals surface area contributed by atoms with E-state index < -0.39 is 0 Å². The van der Waals surface area contributed by atoms with E-state index in [9.17, 15) is 9.18 Å². The van der Waals surface area contributed by atoms with Gasteiger partial charge in [0.25, 0.3) is 0 Å². The first-order valence-electron chi connectivity index (χ1n) is 10.5. The van der Waals surface area contributed by atoms with Gasteiger partial charge in [0.15, 0.2) is 0 Å². The van der Waals surface area contributed by atoms with Crippen LogP contribution in [0.25, 0.3) is 0 Å². The van der Waals surface area contributed by atoms with E-state index in [2.05, 4.69) is 20.6 Å². The van der Waals surface area contributed by atoms with Gasteiger partial charge in [-0.25, -0.2) is 9.37 Å². The predicted octanol–water partition coefficient (Wildman–Crippen LogP) is 3.99. The molecule has 1 amide bonds. The van der Waals surface area contributed by atoms with E-state index in [1.165, 1.54) is 6.07 Å². The van der Waals surface area contributed by atoms with E-state index in [4.69, 9.17) is 4.74 Å². The molecule has 0 bridgehead atoms. The largest absolute Gasteiger partial charge is 0.369 e. The second-order valence-corrected chi connectivity index (χ2v) is 7.82. The molecule has 3 aromatic rings. The predicted molar refractivity (Wildman–Crippen MR) is 121 cm³/mol. The fourth-order valence-corrected chi connectivity index (χ4v) is 3.58. The maximum atomic E-state index is 13.7. The molecule has 166 valence electrons. The number of ether oxygens (including phenoxy) is 1. The van der Waals surface area contributed by atoms with E-state index in [1.807, 2.05) is 36.1 Å². The summed E-state index contributed by atoms with van der Waals surface area (Å²) >= 11 is 0. The molecule has 1 aliphatic rings. The number of nitrogens with one attached hydrogen (secondary N) is 2. The van der Waals surface area contributed by atoms with Crippen molar-refractivity contribution in [3.05, 3.63) is 77.5 Å². The Morgan fingerprint density at radius 1 is 1.19 bits per heavy atom. The maximum Gasteiger partial charge on any atom is 0.238 e. The molecule has 3 heterocycles. The lowest BCUT2D eigenvalue weighted by atomic mass is 10.1. The fourth-order valence-electron chi connectivity index (χ4n) is 3.58. The molecule has 0 unspecified atom stereocenters. The summed E-state index contributed by atoms with van der Waals surface area (Å²) in [6.45, 7) is 5.54. The van der Waals surface area contributed by atoms with Crippen LogP contribution in [-0.2, 0) is 9.53 Å². The second kappa shape index (κ2) is 9.84. The van der Waals surface area contributed by atoms with Crippen LogP contribution in [0.5, 0.6) is 0 Å². The summed E-state index contributed by atoms with van der Waals surface area (Å²) < 4.78 is 19.6. The van der Waals surface area contributed by atoms with Crippen molar-refractivity contribution in [2.45, 2.75) is 20.0 Å². The Kier molecular flexibility index (Phi) is 6.72. The zero-order valence-corrected chi connectivity index (χ0v) is 18.1. The van der Waals surface area contributed by atoms with Crippen LogP contribution in [0, 0.1) is 19.7 Å². The first kappa shape index (κ1) is 21.9. The molecule has 0 radical (unpaired) electrons. The van der Waals surface area contributed by atoms with Crippen LogP contribution in [0.1, 0.15) is 22.9 Å². The molecule has 0 spiro atoms. The number of halogens is 1. The number of pyridine rings is 2. The number of aromatic nitrogens is 2. The minimum absolute atomic E-state index is 0.183. The number of hydrogen-bond acceptors (Lipinski definition) is 6. The van der Waals surface area contributed by atoms with Crippen LogP contribution in [0.3, 0.4) is 0 Å². The van der Waals surface area contributed by atoms with Gasteiger partial charge in [-0.2, -0.15) is 0 Å². The number of morpholine rings is 1. The molecule has 1 saturated heterocycles. The number of anilines is 3. The van der Waals surface area contributed by atoms with Crippen LogP contribution in [0.4, 0.5) is 21.6 Å². The van der Waals surface area contributed by atoms with Gasteiger partial charge in [0.1, 0.15) is 17.7 Å². The average Bonchev–Trinajstić information content (AvgIpc) is 2.79. The van der Waals surface area contributed by atoms with Crippen LogP contribution < -0.4 is 10.6 Å². The van der Waals surface area contributed by atoms with Crippen molar-refractivity contribution in [1.82, 2.24) is 14.9 Å². The van der Waals surface area contributed by atoms with Crippen molar-refractivity contribution >= 4 is 23.1 Å². The number of aryl methyl sites for hydroxylation is 1. The summed E-state index contributed by atoms with van der Waals surface area (Å²) in [7, 11) is 0. The SMILES string of the molecule is Cc1cccnc1Nc1ccc([C@@H]2CN(CC(=O)Nc3cccc(F)c3C)CCO2)nc1. The highest BCUT2D eigenvalue weighted by molar-refractivity contribution is 5.93. The van der Waals surface area contributed by atoms with E-state index >= 15 is 0 Å². The van der Waals surface area contributed by atoms with Crippen molar-refractivity contribution in [3.8, 4) is 0 Å². The molecule has 1 fully saturated rings. The van der Waals surface area contributed by atoms with Gasteiger partial charge < -0.3 is 15.4 Å². The molecular weight excluding hydrogens is 409 g/mol. The van der Waals surface area contributed by atoms with Crippen LogP contribution in [0.15, 0.2) is 54.9 Å². The first-order valence-corrected chi connectivity index (χ1v) is 10.5. The standard InChI is InChI=1S/C24H26FN5O2/c1-16-5-4-10-26-24(16)28-18-8-9-21(27-13-18)22-14-30(11-12-32-22)15-23(31)29-20-7-3-6-19(25)17(20)2/h3-10,13,22H,11-12,14-15H2,1-2H3,(H,26,28)(H,29,31)/t22-/m0/s1. The summed E-state index contributed by atoms with van der Waals surface area (Å²) in [6, 6.07) is 12.4. The summed E-state index contributed by atoms with van der Waals surface area (Å²) in [4.78, 5) is 23.4. The smallest absolute Gasteiger partial charge is 0.238 e. The minimum Gasteiger partial charge on any atom is -0.369 e. The zero-order chi connectivity index (χ0) is 22.5. The highest BCUT2D eigenvalue weighted by Gasteiger charge is 2.24. The Labute approximate surface area is 186 Å². The third-order valence-corrected chi connectivity index (χ3v) is 5.45. The van der Waals surface area contributed by atoms with Crippen LogP contribution in [-0.4, -0.2) is 47.0 Å². The highest BCUT2D eigenvalue weighted by atomic mass is 19.1. The lowest BCUT2D eigenvalue weighted by Gasteiger charge is -2.32. The van der Waals surface area contributed by atoms with Gasteiger partial charge in [-0.05, 0) is 49.7 Å². The van der Waals surface area contributed by atoms with Crippen molar-refractivity contribution in [2.24, 2.45) is 0 Å². The zero-order valence-electron chi connectivity index (χ0n) is 18.1. The third kappa shape index (κ3) is 5.27. The van der Waals surface area contributed by atoms with E-state index in [0.29, 0.717) is 30.9 Å². The molecule has 1 aromatic carbocycles. The number of hydrogen-bond donors (Lipinski definition) is 2. The molecule has 0 saturated carbocycles. The van der Waals surface area contributed by atoms with Gasteiger partial charge in [0.05, 0.1) is 30.7 Å². The molecule has 32 heavy (non-hydrogen) atoms. The normalized spacial score (nSPS) is 16.5. The van der Waals surface area contributed by atoms with Crippen molar-refractivity contribution < 1.29 is 13.9 Å².